The molecule has 0 radical (unpaired) electrons. The van der Waals surface area contributed by atoms with Crippen LogP contribution >= 0.6 is 23.2 Å². The summed E-state index contributed by atoms with van der Waals surface area (Å²) in [5.41, 5.74) is 1.33. The minimum absolute atomic E-state index is 0.125. The number of β-amino-alcohol motifs (C(OH)–C–C–N with tert-alkyl or cyclic N) is 1. The normalized spacial score (nSPS) is 19.4. The highest BCUT2D eigenvalue weighted by atomic mass is 35.5. The topological polar surface area (TPSA) is 69.6 Å². The SMILES string of the molecule is O=C(NCc1ccc(Cl)cc1)[C@@H]1C[C@@H](O)CN1C(=O)c1ccc(Cl)cc1. The fourth-order valence-electron chi connectivity index (χ4n) is 2.95. The minimum Gasteiger partial charge on any atom is -0.391 e. The van der Waals surface area contributed by atoms with E-state index in [1.807, 2.05) is 12.1 Å². The van der Waals surface area contributed by atoms with Gasteiger partial charge in [0.2, 0.25) is 5.91 Å². The number of nitrogens with zero attached hydrogens (tertiary/aromatic N) is 1. The first-order valence-electron chi connectivity index (χ1n) is 8.21. The Morgan fingerprint density at radius 3 is 2.23 bits per heavy atom. The number of aliphatic hydroxyl groups is 1. The second-order valence-corrected chi connectivity index (χ2v) is 7.09. The molecule has 5 nitrogen and oxygen atoms in total. The Kier molecular flexibility index (Phi) is 5.81. The number of nitrogens with one attached hydrogen (secondary N) is 1. The van der Waals surface area contributed by atoms with Crippen LogP contribution in [0.15, 0.2) is 48.5 Å². The predicted molar refractivity (Wildman–Crippen MR) is 100 cm³/mol. The van der Waals surface area contributed by atoms with Gasteiger partial charge in [-0.25, -0.2) is 0 Å². The highest BCUT2D eigenvalue weighted by Crippen LogP contribution is 2.22. The quantitative estimate of drug-likeness (QED) is 0.840. The zero-order valence-electron chi connectivity index (χ0n) is 13.9. The van der Waals surface area contributed by atoms with Gasteiger partial charge in [-0.3, -0.25) is 9.59 Å². The van der Waals surface area contributed by atoms with Gasteiger partial charge in [-0.2, -0.15) is 0 Å². The van der Waals surface area contributed by atoms with Gasteiger partial charge in [0.05, 0.1) is 6.10 Å². The van der Waals surface area contributed by atoms with Crippen molar-refractivity contribution in [2.24, 2.45) is 0 Å². The summed E-state index contributed by atoms with van der Waals surface area (Å²) < 4.78 is 0. The van der Waals surface area contributed by atoms with E-state index in [9.17, 15) is 14.7 Å². The van der Waals surface area contributed by atoms with Crippen LogP contribution in [0.25, 0.3) is 0 Å². The van der Waals surface area contributed by atoms with Crippen molar-refractivity contribution in [1.82, 2.24) is 10.2 Å². The Morgan fingerprint density at radius 2 is 1.62 bits per heavy atom. The number of amides is 2. The molecule has 0 saturated carbocycles. The van der Waals surface area contributed by atoms with Crippen molar-refractivity contribution in [3.63, 3.8) is 0 Å². The van der Waals surface area contributed by atoms with E-state index in [1.54, 1.807) is 36.4 Å². The van der Waals surface area contributed by atoms with Crippen LogP contribution in [0.3, 0.4) is 0 Å². The maximum absolute atomic E-state index is 12.7. The summed E-state index contributed by atoms with van der Waals surface area (Å²) in [4.78, 5) is 26.7. The Balaban J connectivity index is 1.68. The Morgan fingerprint density at radius 1 is 1.04 bits per heavy atom. The molecule has 1 saturated heterocycles. The largest absolute Gasteiger partial charge is 0.391 e. The van der Waals surface area contributed by atoms with Gasteiger partial charge in [0.15, 0.2) is 0 Å². The van der Waals surface area contributed by atoms with E-state index in [-0.39, 0.29) is 24.8 Å². The van der Waals surface area contributed by atoms with E-state index in [2.05, 4.69) is 5.32 Å². The highest BCUT2D eigenvalue weighted by molar-refractivity contribution is 6.30. The lowest BCUT2D eigenvalue weighted by Gasteiger charge is -2.23. The number of halogens is 2. The van der Waals surface area contributed by atoms with E-state index in [0.717, 1.165) is 5.56 Å². The molecule has 1 fully saturated rings. The molecule has 1 heterocycles. The molecule has 2 aromatic rings. The Bertz CT molecular complexity index is 793. The van der Waals surface area contributed by atoms with Gasteiger partial charge in [-0.05, 0) is 42.0 Å². The summed E-state index contributed by atoms with van der Waals surface area (Å²) in [6, 6.07) is 12.9. The van der Waals surface area contributed by atoms with Crippen LogP contribution in [0.1, 0.15) is 22.3 Å². The molecule has 2 amide bonds. The van der Waals surface area contributed by atoms with Crippen LogP contribution in [-0.2, 0) is 11.3 Å². The van der Waals surface area contributed by atoms with E-state index >= 15 is 0 Å². The van der Waals surface area contributed by atoms with Crippen molar-refractivity contribution in [3.05, 3.63) is 69.7 Å². The number of hydrogen-bond acceptors (Lipinski definition) is 3. The molecule has 1 aliphatic rings. The molecule has 0 aliphatic carbocycles. The number of carbonyl (C=O) groups is 2. The zero-order chi connectivity index (χ0) is 18.7. The Hall–Kier alpha value is -2.08. The van der Waals surface area contributed by atoms with Crippen molar-refractivity contribution >= 4 is 35.0 Å². The standard InChI is InChI=1S/C19H18Cl2N2O3/c20-14-5-1-12(2-6-14)10-22-18(25)17-9-16(24)11-23(17)19(26)13-3-7-15(21)8-4-13/h1-8,16-17,24H,9-11H2,(H,22,25)/t16-,17+/m1/s1. The summed E-state index contributed by atoms with van der Waals surface area (Å²) in [5, 5.41) is 13.9. The lowest BCUT2D eigenvalue weighted by atomic mass is 10.1. The van der Waals surface area contributed by atoms with Gasteiger partial charge in [-0.1, -0.05) is 35.3 Å². The van der Waals surface area contributed by atoms with Crippen LogP contribution < -0.4 is 5.32 Å². The molecular formula is C19H18Cl2N2O3. The van der Waals surface area contributed by atoms with E-state index in [4.69, 9.17) is 23.2 Å². The zero-order valence-corrected chi connectivity index (χ0v) is 15.4. The molecular weight excluding hydrogens is 375 g/mol. The van der Waals surface area contributed by atoms with Crippen LogP contribution in [-0.4, -0.2) is 40.5 Å². The van der Waals surface area contributed by atoms with E-state index in [1.165, 1.54) is 4.90 Å². The first-order valence-corrected chi connectivity index (χ1v) is 8.96. The predicted octanol–water partition coefficient (Wildman–Crippen LogP) is 2.89. The molecule has 0 bridgehead atoms. The first-order chi connectivity index (χ1) is 12.4. The lowest BCUT2D eigenvalue weighted by Crippen LogP contribution is -2.45. The highest BCUT2D eigenvalue weighted by Gasteiger charge is 2.39. The Labute approximate surface area is 161 Å². The van der Waals surface area contributed by atoms with Crippen LogP contribution in [0.4, 0.5) is 0 Å². The summed E-state index contributed by atoms with van der Waals surface area (Å²) in [7, 11) is 0. The second-order valence-electron chi connectivity index (χ2n) is 6.21. The lowest BCUT2D eigenvalue weighted by molar-refractivity contribution is -0.125. The number of carbonyl (C=O) groups excluding carboxylic acids is 2. The molecule has 136 valence electrons. The molecule has 26 heavy (non-hydrogen) atoms. The fraction of sp³-hybridized carbons (Fsp3) is 0.263. The molecule has 2 aromatic carbocycles. The third-order valence-electron chi connectivity index (χ3n) is 4.31. The van der Waals surface area contributed by atoms with Gasteiger partial charge in [0, 0.05) is 35.1 Å². The van der Waals surface area contributed by atoms with Crippen LogP contribution in [0.5, 0.6) is 0 Å². The molecule has 0 unspecified atom stereocenters. The number of rotatable bonds is 4. The van der Waals surface area contributed by atoms with Gasteiger partial charge < -0.3 is 15.3 Å². The maximum Gasteiger partial charge on any atom is 0.254 e. The van der Waals surface area contributed by atoms with Crippen molar-refractivity contribution in [1.29, 1.82) is 0 Å². The molecule has 0 spiro atoms. The number of benzene rings is 2. The van der Waals surface area contributed by atoms with Gasteiger partial charge in [0.1, 0.15) is 6.04 Å². The van der Waals surface area contributed by atoms with Gasteiger partial charge in [-0.15, -0.1) is 0 Å². The molecule has 0 aromatic heterocycles. The van der Waals surface area contributed by atoms with Crippen LogP contribution in [0, 0.1) is 0 Å². The summed E-state index contributed by atoms with van der Waals surface area (Å²) in [6.45, 7) is 0.450. The third kappa shape index (κ3) is 4.36. The van der Waals surface area contributed by atoms with Crippen molar-refractivity contribution in [2.45, 2.75) is 25.1 Å². The number of hydrogen-bond donors (Lipinski definition) is 2. The van der Waals surface area contributed by atoms with Gasteiger partial charge >= 0.3 is 0 Å². The summed E-state index contributed by atoms with van der Waals surface area (Å²) in [6.07, 6.45) is -0.510. The van der Waals surface area contributed by atoms with Crippen molar-refractivity contribution in [3.8, 4) is 0 Å². The molecule has 3 rings (SSSR count). The van der Waals surface area contributed by atoms with Gasteiger partial charge in [0.25, 0.3) is 5.91 Å². The van der Waals surface area contributed by atoms with Crippen molar-refractivity contribution in [2.75, 3.05) is 6.54 Å². The third-order valence-corrected chi connectivity index (χ3v) is 4.82. The monoisotopic (exact) mass is 392 g/mol. The van der Waals surface area contributed by atoms with E-state index < -0.39 is 12.1 Å². The molecule has 2 atom stereocenters. The average molecular weight is 393 g/mol. The summed E-state index contributed by atoms with van der Waals surface area (Å²) in [5.74, 6) is -0.594. The number of likely N-dealkylation sites (tertiary alicyclic amines) is 1. The molecule has 1 aliphatic heterocycles. The maximum atomic E-state index is 12.7. The average Bonchev–Trinajstić information content (AvgIpc) is 3.03. The summed E-state index contributed by atoms with van der Waals surface area (Å²) >= 11 is 11.7. The van der Waals surface area contributed by atoms with Crippen LogP contribution in [0.2, 0.25) is 10.0 Å². The first kappa shape index (κ1) is 18.7. The van der Waals surface area contributed by atoms with Crippen molar-refractivity contribution < 1.29 is 14.7 Å². The second kappa shape index (κ2) is 8.08. The van der Waals surface area contributed by atoms with E-state index in [0.29, 0.717) is 22.2 Å². The fourth-order valence-corrected chi connectivity index (χ4v) is 3.21. The molecule has 2 N–H and O–H groups in total. The molecule has 7 heteroatoms. The number of aliphatic hydroxyl groups excluding tert-OH is 1. The minimum atomic E-state index is -0.725. The smallest absolute Gasteiger partial charge is 0.254 e.